The summed E-state index contributed by atoms with van der Waals surface area (Å²) in [7, 11) is 0. The number of ether oxygens (including phenoxy) is 1. The summed E-state index contributed by atoms with van der Waals surface area (Å²) in [6.07, 6.45) is 2.71. The van der Waals surface area contributed by atoms with Gasteiger partial charge in [-0.2, -0.15) is 0 Å². The molecule has 0 bridgehead atoms. The summed E-state index contributed by atoms with van der Waals surface area (Å²) in [6, 6.07) is 0. The molecule has 0 saturated carbocycles. The van der Waals surface area contributed by atoms with Crippen LogP contribution in [0.15, 0.2) is 6.20 Å². The van der Waals surface area contributed by atoms with Crippen LogP contribution in [0.25, 0.3) is 0 Å². The van der Waals surface area contributed by atoms with Crippen molar-refractivity contribution in [3.05, 3.63) is 23.0 Å². The first-order valence-electron chi connectivity index (χ1n) is 5.33. The molecule has 1 rings (SSSR count). The van der Waals surface area contributed by atoms with Crippen LogP contribution in [-0.2, 0) is 9.53 Å². The van der Waals surface area contributed by atoms with E-state index in [1.807, 2.05) is 13.8 Å². The highest BCUT2D eigenvalue weighted by molar-refractivity contribution is 5.97. The predicted molar refractivity (Wildman–Crippen MR) is 60.5 cm³/mol. The van der Waals surface area contributed by atoms with Gasteiger partial charge in [0.1, 0.15) is 0 Å². The van der Waals surface area contributed by atoms with E-state index in [0.29, 0.717) is 19.4 Å². The fraction of sp³-hybridized carbons (Fsp3) is 0.500. The van der Waals surface area contributed by atoms with Crippen molar-refractivity contribution in [1.82, 2.24) is 4.98 Å². The molecule has 0 spiro atoms. The van der Waals surface area contributed by atoms with Gasteiger partial charge < -0.3 is 9.72 Å². The molecule has 16 heavy (non-hydrogen) atoms. The van der Waals surface area contributed by atoms with Crippen molar-refractivity contribution in [2.45, 2.75) is 33.6 Å². The standard InChI is InChI=1S/C12H17NO3/c1-8-9(2)13-7-11(8)12(15)5-4-6-16-10(3)14/h7,13H,4-6H2,1-3H3. The monoisotopic (exact) mass is 223 g/mol. The lowest BCUT2D eigenvalue weighted by Crippen LogP contribution is -2.05. The van der Waals surface area contributed by atoms with Crippen molar-refractivity contribution in [1.29, 1.82) is 0 Å². The molecule has 0 aliphatic heterocycles. The first kappa shape index (κ1) is 12.5. The first-order chi connectivity index (χ1) is 7.52. The van der Waals surface area contributed by atoms with Crippen molar-refractivity contribution in [2.24, 2.45) is 0 Å². The SMILES string of the molecule is CC(=O)OCCCC(=O)c1c[nH]c(C)c1C. The van der Waals surface area contributed by atoms with Crippen LogP contribution in [0.1, 0.15) is 41.4 Å². The summed E-state index contributed by atoms with van der Waals surface area (Å²) < 4.78 is 4.76. The van der Waals surface area contributed by atoms with E-state index in [4.69, 9.17) is 4.74 Å². The molecule has 0 amide bonds. The number of Topliss-reactive ketones (excluding diaryl/α,β-unsaturated/α-hetero) is 1. The lowest BCUT2D eigenvalue weighted by molar-refractivity contribution is -0.141. The summed E-state index contributed by atoms with van der Waals surface area (Å²) in [5, 5.41) is 0. The fourth-order valence-electron chi connectivity index (χ4n) is 1.47. The van der Waals surface area contributed by atoms with E-state index in [1.165, 1.54) is 6.92 Å². The van der Waals surface area contributed by atoms with Gasteiger partial charge in [-0.05, 0) is 25.8 Å². The van der Waals surface area contributed by atoms with E-state index in [0.717, 1.165) is 16.8 Å². The van der Waals surface area contributed by atoms with E-state index in [2.05, 4.69) is 4.98 Å². The second-order valence-electron chi connectivity index (χ2n) is 3.82. The minimum atomic E-state index is -0.305. The van der Waals surface area contributed by atoms with Crippen molar-refractivity contribution < 1.29 is 14.3 Å². The third-order valence-corrected chi connectivity index (χ3v) is 2.55. The average molecular weight is 223 g/mol. The lowest BCUT2D eigenvalue weighted by atomic mass is 10.1. The highest BCUT2D eigenvalue weighted by Crippen LogP contribution is 2.14. The second kappa shape index (κ2) is 5.49. The molecular weight excluding hydrogens is 206 g/mol. The normalized spacial score (nSPS) is 10.2. The molecule has 88 valence electrons. The Balaban J connectivity index is 2.41. The number of carbonyl (C=O) groups excluding carboxylic acids is 2. The summed E-state index contributed by atoms with van der Waals surface area (Å²) in [5.41, 5.74) is 2.75. The Kier molecular flexibility index (Phi) is 4.28. The van der Waals surface area contributed by atoms with Crippen LogP contribution in [0.4, 0.5) is 0 Å². The zero-order valence-electron chi connectivity index (χ0n) is 9.92. The summed E-state index contributed by atoms with van der Waals surface area (Å²) in [4.78, 5) is 25.3. The molecule has 0 aliphatic carbocycles. The van der Waals surface area contributed by atoms with Crippen LogP contribution < -0.4 is 0 Å². The Labute approximate surface area is 95.0 Å². The Morgan fingerprint density at radius 1 is 1.38 bits per heavy atom. The molecular formula is C12H17NO3. The molecule has 1 aromatic heterocycles. The van der Waals surface area contributed by atoms with Crippen molar-refractivity contribution >= 4 is 11.8 Å². The van der Waals surface area contributed by atoms with E-state index in [1.54, 1.807) is 6.20 Å². The highest BCUT2D eigenvalue weighted by atomic mass is 16.5. The minimum absolute atomic E-state index is 0.0917. The molecule has 0 saturated heterocycles. The molecule has 0 fully saturated rings. The Morgan fingerprint density at radius 2 is 2.06 bits per heavy atom. The summed E-state index contributed by atoms with van der Waals surface area (Å²) in [5.74, 6) is -0.213. The van der Waals surface area contributed by atoms with Gasteiger partial charge in [0.15, 0.2) is 5.78 Å². The smallest absolute Gasteiger partial charge is 0.302 e. The van der Waals surface area contributed by atoms with E-state index in [9.17, 15) is 9.59 Å². The van der Waals surface area contributed by atoms with Gasteiger partial charge in [0.2, 0.25) is 0 Å². The van der Waals surface area contributed by atoms with E-state index >= 15 is 0 Å². The fourth-order valence-corrected chi connectivity index (χ4v) is 1.47. The number of H-pyrrole nitrogens is 1. The largest absolute Gasteiger partial charge is 0.466 e. The second-order valence-corrected chi connectivity index (χ2v) is 3.82. The first-order valence-corrected chi connectivity index (χ1v) is 5.33. The molecule has 1 heterocycles. The molecule has 0 aliphatic rings. The topological polar surface area (TPSA) is 59.2 Å². The van der Waals surface area contributed by atoms with E-state index in [-0.39, 0.29) is 11.8 Å². The Morgan fingerprint density at radius 3 is 2.56 bits per heavy atom. The van der Waals surface area contributed by atoms with Gasteiger partial charge in [0.05, 0.1) is 6.61 Å². The van der Waals surface area contributed by atoms with Gasteiger partial charge in [0, 0.05) is 30.8 Å². The minimum Gasteiger partial charge on any atom is -0.466 e. The number of aromatic nitrogens is 1. The van der Waals surface area contributed by atoms with Crippen molar-refractivity contribution in [3.8, 4) is 0 Å². The number of hydrogen-bond acceptors (Lipinski definition) is 3. The van der Waals surface area contributed by atoms with Crippen LogP contribution in [0.5, 0.6) is 0 Å². The molecule has 1 aromatic rings. The molecule has 0 aromatic carbocycles. The maximum atomic E-state index is 11.8. The Hall–Kier alpha value is -1.58. The van der Waals surface area contributed by atoms with Gasteiger partial charge in [-0.15, -0.1) is 0 Å². The molecule has 4 nitrogen and oxygen atoms in total. The zero-order chi connectivity index (χ0) is 12.1. The van der Waals surface area contributed by atoms with Gasteiger partial charge in [0.25, 0.3) is 0 Å². The van der Waals surface area contributed by atoms with Crippen molar-refractivity contribution in [3.63, 3.8) is 0 Å². The van der Waals surface area contributed by atoms with E-state index < -0.39 is 0 Å². The predicted octanol–water partition coefficient (Wildman–Crippen LogP) is 2.16. The molecule has 0 radical (unpaired) electrons. The number of ketones is 1. The van der Waals surface area contributed by atoms with Crippen LogP contribution in [0, 0.1) is 13.8 Å². The van der Waals surface area contributed by atoms with Gasteiger partial charge >= 0.3 is 5.97 Å². The number of nitrogens with one attached hydrogen (secondary N) is 1. The lowest BCUT2D eigenvalue weighted by Gasteiger charge is -2.01. The quantitative estimate of drug-likeness (QED) is 0.472. The maximum Gasteiger partial charge on any atom is 0.302 e. The zero-order valence-corrected chi connectivity index (χ0v) is 9.92. The summed E-state index contributed by atoms with van der Waals surface area (Å²) in [6.45, 7) is 5.53. The summed E-state index contributed by atoms with van der Waals surface area (Å²) >= 11 is 0. The van der Waals surface area contributed by atoms with Crippen LogP contribution in [-0.4, -0.2) is 23.3 Å². The number of carbonyl (C=O) groups is 2. The highest BCUT2D eigenvalue weighted by Gasteiger charge is 2.11. The molecule has 0 unspecified atom stereocenters. The molecule has 4 heteroatoms. The van der Waals surface area contributed by atoms with Gasteiger partial charge in [-0.25, -0.2) is 0 Å². The number of hydrogen-bond donors (Lipinski definition) is 1. The third-order valence-electron chi connectivity index (χ3n) is 2.55. The number of aromatic amines is 1. The van der Waals surface area contributed by atoms with Crippen LogP contribution >= 0.6 is 0 Å². The third kappa shape index (κ3) is 3.22. The van der Waals surface area contributed by atoms with Gasteiger partial charge in [-0.1, -0.05) is 0 Å². The number of esters is 1. The van der Waals surface area contributed by atoms with Crippen LogP contribution in [0.2, 0.25) is 0 Å². The average Bonchev–Trinajstić information content (AvgIpc) is 2.54. The maximum absolute atomic E-state index is 11.8. The van der Waals surface area contributed by atoms with Gasteiger partial charge in [-0.3, -0.25) is 9.59 Å². The van der Waals surface area contributed by atoms with Crippen molar-refractivity contribution in [2.75, 3.05) is 6.61 Å². The Bertz CT molecular complexity index is 393. The molecule has 1 N–H and O–H groups in total. The molecule has 0 atom stereocenters. The number of aryl methyl sites for hydroxylation is 1. The number of rotatable bonds is 5. The van der Waals surface area contributed by atoms with Crippen LogP contribution in [0.3, 0.4) is 0 Å².